The summed E-state index contributed by atoms with van der Waals surface area (Å²) in [6, 6.07) is 0.774. The number of likely N-dealkylation sites (N-methyl/N-ethyl adjacent to an activating group) is 1. The van der Waals surface area contributed by atoms with Gasteiger partial charge in [-0.05, 0) is 45.7 Å². The summed E-state index contributed by atoms with van der Waals surface area (Å²) in [5.74, 6) is 0. The van der Waals surface area contributed by atoms with Crippen LogP contribution in [0, 0.1) is 0 Å². The molecule has 0 amide bonds. The van der Waals surface area contributed by atoms with Gasteiger partial charge in [-0.15, -0.1) is 12.4 Å². The Bertz CT molecular complexity index is 186. The summed E-state index contributed by atoms with van der Waals surface area (Å²) in [7, 11) is 2.05. The SMILES string of the molecule is CNCC1CCCN1CCC1CCCO1.Cl. The van der Waals surface area contributed by atoms with Gasteiger partial charge in [-0.2, -0.15) is 0 Å². The van der Waals surface area contributed by atoms with Gasteiger partial charge in [0, 0.05) is 25.7 Å². The Morgan fingerprint density at radius 2 is 2.19 bits per heavy atom. The van der Waals surface area contributed by atoms with Crippen molar-refractivity contribution in [3.05, 3.63) is 0 Å². The molecule has 4 heteroatoms. The molecule has 0 aromatic carbocycles. The Morgan fingerprint density at radius 3 is 2.88 bits per heavy atom. The molecule has 0 spiro atoms. The van der Waals surface area contributed by atoms with Crippen LogP contribution in [0.1, 0.15) is 32.1 Å². The first-order valence-corrected chi connectivity index (χ1v) is 6.40. The summed E-state index contributed by atoms with van der Waals surface area (Å²) in [6.07, 6.45) is 7.08. The normalized spacial score (nSPS) is 30.6. The maximum absolute atomic E-state index is 5.67. The minimum atomic E-state index is 0. The van der Waals surface area contributed by atoms with E-state index in [-0.39, 0.29) is 12.4 Å². The van der Waals surface area contributed by atoms with Gasteiger partial charge < -0.3 is 10.1 Å². The molecule has 0 bridgehead atoms. The van der Waals surface area contributed by atoms with Crippen LogP contribution in [-0.4, -0.2) is 50.3 Å². The van der Waals surface area contributed by atoms with Gasteiger partial charge in [-0.1, -0.05) is 0 Å². The van der Waals surface area contributed by atoms with Gasteiger partial charge in [0.05, 0.1) is 6.10 Å². The lowest BCUT2D eigenvalue weighted by molar-refractivity contribution is 0.0902. The van der Waals surface area contributed by atoms with Crippen LogP contribution in [0.25, 0.3) is 0 Å². The van der Waals surface area contributed by atoms with E-state index in [2.05, 4.69) is 17.3 Å². The first-order chi connectivity index (χ1) is 7.40. The fourth-order valence-electron chi connectivity index (χ4n) is 2.84. The standard InChI is InChI=1S/C12H24N2O.ClH/c1-13-10-11-4-2-7-14(11)8-6-12-5-3-9-15-12;/h11-13H,2-10H2,1H3;1H. The topological polar surface area (TPSA) is 24.5 Å². The van der Waals surface area contributed by atoms with E-state index >= 15 is 0 Å². The third-order valence-electron chi connectivity index (χ3n) is 3.70. The average molecular weight is 249 g/mol. The average Bonchev–Trinajstić information content (AvgIpc) is 2.85. The molecular formula is C12H25ClN2O. The molecule has 16 heavy (non-hydrogen) atoms. The predicted octanol–water partition coefficient (Wildman–Crippen LogP) is 1.66. The monoisotopic (exact) mass is 248 g/mol. The van der Waals surface area contributed by atoms with Crippen LogP contribution in [0.4, 0.5) is 0 Å². The lowest BCUT2D eigenvalue weighted by Crippen LogP contribution is -2.38. The highest BCUT2D eigenvalue weighted by molar-refractivity contribution is 5.85. The molecule has 1 N–H and O–H groups in total. The molecule has 2 heterocycles. The molecule has 2 unspecified atom stereocenters. The van der Waals surface area contributed by atoms with Gasteiger partial charge in [-0.25, -0.2) is 0 Å². The summed E-state index contributed by atoms with van der Waals surface area (Å²) >= 11 is 0. The van der Waals surface area contributed by atoms with E-state index in [0.29, 0.717) is 6.10 Å². The van der Waals surface area contributed by atoms with Crippen molar-refractivity contribution in [2.45, 2.75) is 44.2 Å². The molecule has 2 fully saturated rings. The lowest BCUT2D eigenvalue weighted by Gasteiger charge is -2.25. The second kappa shape index (κ2) is 7.49. The Hall–Kier alpha value is 0.170. The zero-order chi connectivity index (χ0) is 10.5. The Kier molecular flexibility index (Phi) is 6.66. The highest BCUT2D eigenvalue weighted by atomic mass is 35.5. The number of likely N-dealkylation sites (tertiary alicyclic amines) is 1. The van der Waals surface area contributed by atoms with E-state index in [1.54, 1.807) is 0 Å². The molecule has 96 valence electrons. The van der Waals surface area contributed by atoms with Crippen molar-refractivity contribution in [3.8, 4) is 0 Å². The molecular weight excluding hydrogens is 224 g/mol. The van der Waals surface area contributed by atoms with Gasteiger partial charge >= 0.3 is 0 Å². The van der Waals surface area contributed by atoms with E-state index in [1.807, 2.05) is 0 Å². The number of nitrogens with one attached hydrogen (secondary N) is 1. The maximum atomic E-state index is 5.67. The van der Waals surface area contributed by atoms with Crippen LogP contribution in [0.15, 0.2) is 0 Å². The van der Waals surface area contributed by atoms with Crippen LogP contribution >= 0.6 is 12.4 Å². The molecule has 0 radical (unpaired) electrons. The maximum Gasteiger partial charge on any atom is 0.0588 e. The summed E-state index contributed by atoms with van der Waals surface area (Å²) in [6.45, 7) is 4.66. The smallest absolute Gasteiger partial charge is 0.0588 e. The van der Waals surface area contributed by atoms with Gasteiger partial charge in [0.2, 0.25) is 0 Å². The number of ether oxygens (including phenoxy) is 1. The third-order valence-corrected chi connectivity index (χ3v) is 3.70. The van der Waals surface area contributed by atoms with Gasteiger partial charge in [0.1, 0.15) is 0 Å². The Labute approximate surface area is 105 Å². The summed E-state index contributed by atoms with van der Waals surface area (Å²) < 4.78 is 5.67. The molecule has 2 aliphatic heterocycles. The highest BCUT2D eigenvalue weighted by Crippen LogP contribution is 2.20. The third kappa shape index (κ3) is 3.88. The van der Waals surface area contributed by atoms with Crippen LogP contribution in [-0.2, 0) is 4.74 Å². The Balaban J connectivity index is 0.00000128. The van der Waals surface area contributed by atoms with Crippen molar-refractivity contribution in [2.24, 2.45) is 0 Å². The zero-order valence-electron chi connectivity index (χ0n) is 10.3. The molecule has 0 saturated carbocycles. The summed E-state index contributed by atoms with van der Waals surface area (Å²) in [5.41, 5.74) is 0. The molecule has 2 aliphatic rings. The molecule has 2 rings (SSSR count). The zero-order valence-corrected chi connectivity index (χ0v) is 11.1. The van der Waals surface area contributed by atoms with Crippen LogP contribution in [0.2, 0.25) is 0 Å². The van der Waals surface area contributed by atoms with Crippen LogP contribution < -0.4 is 5.32 Å². The van der Waals surface area contributed by atoms with Crippen LogP contribution in [0.3, 0.4) is 0 Å². The fraction of sp³-hybridized carbons (Fsp3) is 1.00. The molecule has 2 atom stereocenters. The first kappa shape index (κ1) is 14.2. The van der Waals surface area contributed by atoms with E-state index < -0.39 is 0 Å². The molecule has 2 saturated heterocycles. The minimum absolute atomic E-state index is 0. The van der Waals surface area contributed by atoms with E-state index in [0.717, 1.165) is 19.2 Å². The molecule has 0 aromatic rings. The lowest BCUT2D eigenvalue weighted by atomic mass is 10.1. The van der Waals surface area contributed by atoms with Crippen molar-refractivity contribution in [1.82, 2.24) is 10.2 Å². The summed E-state index contributed by atoms with van der Waals surface area (Å²) in [5, 5.41) is 3.29. The number of rotatable bonds is 5. The van der Waals surface area contributed by atoms with Gasteiger partial charge in [0.15, 0.2) is 0 Å². The van der Waals surface area contributed by atoms with Crippen LogP contribution in [0.5, 0.6) is 0 Å². The van der Waals surface area contributed by atoms with Crippen molar-refractivity contribution in [1.29, 1.82) is 0 Å². The fourth-order valence-corrected chi connectivity index (χ4v) is 2.84. The second-order valence-electron chi connectivity index (χ2n) is 4.81. The first-order valence-electron chi connectivity index (χ1n) is 6.40. The predicted molar refractivity (Wildman–Crippen MR) is 69.4 cm³/mol. The molecule has 3 nitrogen and oxygen atoms in total. The van der Waals surface area contributed by atoms with E-state index in [1.165, 1.54) is 45.2 Å². The summed E-state index contributed by atoms with van der Waals surface area (Å²) in [4.78, 5) is 2.64. The van der Waals surface area contributed by atoms with Crippen molar-refractivity contribution in [2.75, 3.05) is 33.3 Å². The van der Waals surface area contributed by atoms with Crippen molar-refractivity contribution < 1.29 is 4.74 Å². The van der Waals surface area contributed by atoms with Crippen molar-refractivity contribution in [3.63, 3.8) is 0 Å². The van der Waals surface area contributed by atoms with E-state index in [4.69, 9.17) is 4.74 Å². The Morgan fingerprint density at radius 1 is 1.31 bits per heavy atom. The molecule has 0 aromatic heterocycles. The second-order valence-corrected chi connectivity index (χ2v) is 4.81. The van der Waals surface area contributed by atoms with E-state index in [9.17, 15) is 0 Å². The minimum Gasteiger partial charge on any atom is -0.378 e. The number of nitrogens with zero attached hydrogens (tertiary/aromatic N) is 1. The number of hydrogen-bond acceptors (Lipinski definition) is 3. The van der Waals surface area contributed by atoms with Gasteiger partial charge in [-0.3, -0.25) is 4.90 Å². The number of hydrogen-bond donors (Lipinski definition) is 1. The number of halogens is 1. The van der Waals surface area contributed by atoms with Gasteiger partial charge in [0.25, 0.3) is 0 Å². The highest BCUT2D eigenvalue weighted by Gasteiger charge is 2.25. The van der Waals surface area contributed by atoms with Crippen molar-refractivity contribution >= 4 is 12.4 Å². The quantitative estimate of drug-likeness (QED) is 0.801. The molecule has 0 aliphatic carbocycles. The largest absolute Gasteiger partial charge is 0.378 e.